The fraction of sp³-hybridized carbons (Fsp3) is 0.200. The van der Waals surface area contributed by atoms with Crippen molar-refractivity contribution in [1.29, 1.82) is 0 Å². The first-order valence-corrected chi connectivity index (χ1v) is 7.07. The molecule has 21 heavy (non-hydrogen) atoms. The van der Waals surface area contributed by atoms with Crippen LogP contribution in [0.1, 0.15) is 16.7 Å². The number of rotatable bonds is 5. The Morgan fingerprint density at radius 2 is 1.90 bits per heavy atom. The monoisotopic (exact) mass is 351 g/mol. The van der Waals surface area contributed by atoms with Crippen LogP contribution in [-0.4, -0.2) is 10.0 Å². The van der Waals surface area contributed by atoms with E-state index < -0.39 is 4.92 Å². The molecular weight excluding hydrogens is 338 g/mol. The molecule has 0 fully saturated rings. The molecule has 0 heterocycles. The van der Waals surface area contributed by atoms with E-state index in [1.807, 2.05) is 6.07 Å². The zero-order valence-electron chi connectivity index (χ0n) is 11.4. The number of halogens is 1. The van der Waals surface area contributed by atoms with Crippen LogP contribution in [0.25, 0.3) is 0 Å². The van der Waals surface area contributed by atoms with E-state index in [4.69, 9.17) is 4.74 Å². The van der Waals surface area contributed by atoms with Crippen molar-refractivity contribution in [2.45, 2.75) is 20.1 Å². The Balaban J connectivity index is 2.25. The Kier molecular flexibility index (Phi) is 4.93. The van der Waals surface area contributed by atoms with Gasteiger partial charge in [-0.25, -0.2) is 0 Å². The van der Waals surface area contributed by atoms with Crippen molar-refractivity contribution >= 4 is 21.6 Å². The SMILES string of the molecule is Cc1c(COc2c(Br)cccc2CO)cccc1[N+](=O)[O-]. The van der Waals surface area contributed by atoms with Gasteiger partial charge in [-0.05, 0) is 34.5 Å². The molecule has 0 saturated heterocycles. The molecular formula is C15H14BrNO4. The van der Waals surface area contributed by atoms with Gasteiger partial charge in [-0.1, -0.05) is 24.3 Å². The van der Waals surface area contributed by atoms with Crippen LogP contribution in [0, 0.1) is 17.0 Å². The lowest BCUT2D eigenvalue weighted by molar-refractivity contribution is -0.385. The van der Waals surface area contributed by atoms with Crippen molar-refractivity contribution < 1.29 is 14.8 Å². The summed E-state index contributed by atoms with van der Waals surface area (Å²) in [5.74, 6) is 0.547. The number of benzene rings is 2. The summed E-state index contributed by atoms with van der Waals surface area (Å²) >= 11 is 3.37. The second-order valence-corrected chi connectivity index (χ2v) is 5.35. The molecule has 5 nitrogen and oxygen atoms in total. The van der Waals surface area contributed by atoms with Crippen LogP contribution < -0.4 is 4.74 Å². The molecule has 1 N–H and O–H groups in total. The molecule has 0 aliphatic rings. The summed E-state index contributed by atoms with van der Waals surface area (Å²) in [5, 5.41) is 20.2. The maximum absolute atomic E-state index is 10.9. The summed E-state index contributed by atoms with van der Waals surface area (Å²) < 4.78 is 6.46. The second-order valence-electron chi connectivity index (χ2n) is 4.49. The molecule has 0 aromatic heterocycles. The molecule has 2 aromatic carbocycles. The fourth-order valence-electron chi connectivity index (χ4n) is 2.01. The predicted octanol–water partition coefficient (Wildman–Crippen LogP) is 3.74. The summed E-state index contributed by atoms with van der Waals surface area (Å²) in [4.78, 5) is 10.5. The zero-order valence-corrected chi connectivity index (χ0v) is 13.0. The maximum Gasteiger partial charge on any atom is 0.272 e. The topological polar surface area (TPSA) is 72.6 Å². The molecule has 6 heteroatoms. The van der Waals surface area contributed by atoms with Gasteiger partial charge in [0.05, 0.1) is 16.0 Å². The Labute approximate surface area is 130 Å². The van der Waals surface area contributed by atoms with Gasteiger partial charge in [-0.3, -0.25) is 10.1 Å². The lowest BCUT2D eigenvalue weighted by Crippen LogP contribution is -2.03. The molecule has 0 aliphatic heterocycles. The van der Waals surface area contributed by atoms with E-state index in [0.717, 1.165) is 10.0 Å². The van der Waals surface area contributed by atoms with Crippen LogP contribution in [-0.2, 0) is 13.2 Å². The summed E-state index contributed by atoms with van der Waals surface area (Å²) in [7, 11) is 0. The highest BCUT2D eigenvalue weighted by atomic mass is 79.9. The van der Waals surface area contributed by atoms with E-state index in [1.165, 1.54) is 6.07 Å². The van der Waals surface area contributed by atoms with Crippen LogP contribution >= 0.6 is 15.9 Å². The fourth-order valence-corrected chi connectivity index (χ4v) is 2.54. The minimum Gasteiger partial charge on any atom is -0.487 e. The van der Waals surface area contributed by atoms with E-state index >= 15 is 0 Å². The highest BCUT2D eigenvalue weighted by Gasteiger charge is 2.14. The Bertz CT molecular complexity index is 673. The highest BCUT2D eigenvalue weighted by molar-refractivity contribution is 9.10. The third-order valence-corrected chi connectivity index (χ3v) is 3.83. The van der Waals surface area contributed by atoms with Crippen molar-refractivity contribution in [3.63, 3.8) is 0 Å². The number of aliphatic hydroxyl groups is 1. The molecule has 2 rings (SSSR count). The van der Waals surface area contributed by atoms with Gasteiger partial charge in [0.15, 0.2) is 0 Å². The van der Waals surface area contributed by atoms with Crippen LogP contribution in [0.3, 0.4) is 0 Å². The number of ether oxygens (including phenoxy) is 1. The maximum atomic E-state index is 10.9. The lowest BCUT2D eigenvalue weighted by atomic mass is 10.1. The van der Waals surface area contributed by atoms with Crippen LogP contribution in [0.4, 0.5) is 5.69 Å². The first kappa shape index (κ1) is 15.5. The number of hydrogen-bond donors (Lipinski definition) is 1. The van der Waals surface area contributed by atoms with E-state index in [1.54, 1.807) is 31.2 Å². The van der Waals surface area contributed by atoms with Crippen molar-refractivity contribution in [2.24, 2.45) is 0 Å². The number of aliphatic hydroxyl groups excluding tert-OH is 1. The number of nitro groups is 1. The van der Waals surface area contributed by atoms with Gasteiger partial charge in [-0.15, -0.1) is 0 Å². The Morgan fingerprint density at radius 3 is 2.57 bits per heavy atom. The lowest BCUT2D eigenvalue weighted by Gasteiger charge is -2.13. The van der Waals surface area contributed by atoms with Crippen molar-refractivity contribution in [3.05, 3.63) is 67.7 Å². The molecule has 0 saturated carbocycles. The quantitative estimate of drug-likeness (QED) is 0.657. The van der Waals surface area contributed by atoms with E-state index in [2.05, 4.69) is 15.9 Å². The zero-order chi connectivity index (χ0) is 15.4. The Morgan fingerprint density at radius 1 is 1.24 bits per heavy atom. The molecule has 2 aromatic rings. The minimum atomic E-state index is -0.406. The van der Waals surface area contributed by atoms with Crippen molar-refractivity contribution in [2.75, 3.05) is 0 Å². The average molecular weight is 352 g/mol. The molecule has 0 spiro atoms. The van der Waals surface area contributed by atoms with Crippen molar-refractivity contribution in [1.82, 2.24) is 0 Å². The van der Waals surface area contributed by atoms with Gasteiger partial charge in [0.2, 0.25) is 0 Å². The third kappa shape index (κ3) is 3.40. The molecule has 0 bridgehead atoms. The molecule has 0 amide bonds. The van der Waals surface area contributed by atoms with Crippen LogP contribution in [0.2, 0.25) is 0 Å². The first-order valence-electron chi connectivity index (χ1n) is 6.28. The van der Waals surface area contributed by atoms with Gasteiger partial charge in [-0.2, -0.15) is 0 Å². The van der Waals surface area contributed by atoms with Gasteiger partial charge in [0.1, 0.15) is 12.4 Å². The van der Waals surface area contributed by atoms with Gasteiger partial charge < -0.3 is 9.84 Å². The Hall–Kier alpha value is -1.92. The van der Waals surface area contributed by atoms with Gasteiger partial charge in [0, 0.05) is 17.2 Å². The first-order chi connectivity index (χ1) is 10.0. The van der Waals surface area contributed by atoms with E-state index in [0.29, 0.717) is 16.9 Å². The molecule has 0 unspecified atom stereocenters. The van der Waals surface area contributed by atoms with Crippen molar-refractivity contribution in [3.8, 4) is 5.75 Å². The van der Waals surface area contributed by atoms with E-state index in [-0.39, 0.29) is 18.9 Å². The largest absolute Gasteiger partial charge is 0.487 e. The van der Waals surface area contributed by atoms with Crippen LogP contribution in [0.5, 0.6) is 5.75 Å². The van der Waals surface area contributed by atoms with Crippen LogP contribution in [0.15, 0.2) is 40.9 Å². The molecule has 0 atom stereocenters. The number of hydrogen-bond acceptors (Lipinski definition) is 4. The van der Waals surface area contributed by atoms with Gasteiger partial charge >= 0.3 is 0 Å². The summed E-state index contributed by atoms with van der Waals surface area (Å²) in [6, 6.07) is 10.3. The normalized spacial score (nSPS) is 10.4. The van der Waals surface area contributed by atoms with E-state index in [9.17, 15) is 15.2 Å². The molecule has 0 aliphatic carbocycles. The number of nitro benzene ring substituents is 1. The smallest absolute Gasteiger partial charge is 0.272 e. The molecule has 0 radical (unpaired) electrons. The third-order valence-electron chi connectivity index (χ3n) is 3.20. The summed E-state index contributed by atoms with van der Waals surface area (Å²) in [6.07, 6.45) is 0. The standard InChI is InChI=1S/C15H14BrNO4/c1-10-12(5-3-7-14(10)17(19)20)9-21-15-11(8-18)4-2-6-13(15)16/h2-7,18H,8-9H2,1H3. The number of para-hydroxylation sites is 1. The second kappa shape index (κ2) is 6.69. The predicted molar refractivity (Wildman–Crippen MR) is 82.2 cm³/mol. The minimum absolute atomic E-state index is 0.0746. The van der Waals surface area contributed by atoms with Gasteiger partial charge in [0.25, 0.3) is 5.69 Å². The highest BCUT2D eigenvalue weighted by Crippen LogP contribution is 2.30. The molecule has 110 valence electrons. The summed E-state index contributed by atoms with van der Waals surface area (Å²) in [6.45, 7) is 1.76. The number of nitrogens with zero attached hydrogens (tertiary/aromatic N) is 1. The summed E-state index contributed by atoms with van der Waals surface area (Å²) in [5.41, 5.74) is 2.06. The average Bonchev–Trinajstić information content (AvgIpc) is 2.46.